The molecule has 2 aliphatic rings. The van der Waals surface area contributed by atoms with Crippen molar-refractivity contribution in [3.8, 4) is 0 Å². The highest BCUT2D eigenvalue weighted by molar-refractivity contribution is 7.98. The van der Waals surface area contributed by atoms with Crippen LogP contribution in [-0.2, 0) is 99.1 Å². The minimum atomic E-state index is -1.77. The van der Waals surface area contributed by atoms with Gasteiger partial charge in [0.2, 0.25) is 88.6 Å². The van der Waals surface area contributed by atoms with Gasteiger partial charge in [0.25, 0.3) is 0 Å². The molecule has 4 heterocycles. The molecule has 0 aliphatic carbocycles. The van der Waals surface area contributed by atoms with Gasteiger partial charge in [-0.1, -0.05) is 68.2 Å². The monoisotopic (exact) mass is 1680 g/mol. The maximum Gasteiger partial charge on any atom is 0.326 e. The average molecular weight is 1690 g/mol. The molecule has 2 fully saturated rings. The van der Waals surface area contributed by atoms with Gasteiger partial charge in [-0.25, -0.2) is 14.8 Å². The van der Waals surface area contributed by atoms with E-state index in [-0.39, 0.29) is 63.9 Å². The number of H-pyrrole nitrogens is 2. The highest BCUT2D eigenvalue weighted by atomic mass is 32.2. The second kappa shape index (κ2) is 48.8. The van der Waals surface area contributed by atoms with Crippen molar-refractivity contribution in [1.29, 1.82) is 0 Å². The van der Waals surface area contributed by atoms with Crippen molar-refractivity contribution in [2.24, 2.45) is 29.4 Å². The summed E-state index contributed by atoms with van der Waals surface area (Å²) in [5.41, 5.74) is 6.67. The molecule has 43 heteroatoms. The molecule has 3 unspecified atom stereocenters. The second-order valence-corrected chi connectivity index (χ2v) is 31.3. The van der Waals surface area contributed by atoms with E-state index in [1.54, 1.807) is 62.3 Å². The highest BCUT2D eigenvalue weighted by Crippen LogP contribution is 2.22. The van der Waals surface area contributed by atoms with E-state index < -0.39 is 260 Å². The van der Waals surface area contributed by atoms with Gasteiger partial charge in [-0.05, 0) is 108 Å². The van der Waals surface area contributed by atoms with Crippen LogP contribution in [0.15, 0.2) is 25.0 Å². The smallest absolute Gasteiger partial charge is 0.326 e. The maximum absolute atomic E-state index is 14.7. The Hall–Kier alpha value is -10.8. The van der Waals surface area contributed by atoms with Crippen LogP contribution in [0.3, 0.4) is 0 Å². The molecule has 2 aromatic heterocycles. The highest BCUT2D eigenvalue weighted by Gasteiger charge is 2.43. The molecule has 0 saturated carbocycles. The van der Waals surface area contributed by atoms with Gasteiger partial charge >= 0.3 is 17.9 Å². The number of hydrogen-bond donors (Lipinski definition) is 19. The van der Waals surface area contributed by atoms with Gasteiger partial charge in [-0.15, -0.1) is 0 Å². The van der Waals surface area contributed by atoms with Crippen LogP contribution in [0.5, 0.6) is 0 Å². The summed E-state index contributed by atoms with van der Waals surface area (Å²) in [6.45, 7) is 17.6. The zero-order valence-electron chi connectivity index (χ0n) is 69.1. The van der Waals surface area contributed by atoms with Gasteiger partial charge in [0.1, 0.15) is 78.5 Å². The third-order valence-corrected chi connectivity index (χ3v) is 21.3. The molecular weight excluding hydrogens is 1570 g/mol. The third kappa shape index (κ3) is 30.6. The standard InChI is InChI=1S/C75H120N20O22S/c1-14-39(8)59(90-70(111)57(37(4)5)88-63(104)42(11)93(16-3)74(115)50(30-45-32-78-36-82-45)87-68(109)52-20-18-27-95(52)53(97)33-79-62(103)41(10)83-64(105)46(76)25-28-118-13)72(113)89-58(38(6)7)71(112)91-60(40(9)15-2)73(114)92-61(43(12)96)69(110)80-34-54(98)94-26-17-19-51(94)67(108)86-49(29-44-31-77-35-81-44)66(107)84-47(21-23-55(99)100)65(106)85-48(75(116)117)22-24-56(101)102/h31-32,35-43,46-52,57-61,96H,14-30,33-34,76H2,1-13H3,(H,77,81)(H,78,82)(H,79,103)(H,80,110)(H,83,105)(H,84,107)(H,85,106)(H,86,108)(H,87,109)(H,88,104)(H,89,113)(H,90,111)(H,91,112)(H,92,114)(H,99,100)(H,101,102)(H,116,117)/t39-,40-,41-,42-,43+,46-,47-,48-,49-,50-,51-,52-,57-,58-,59?,60?,61?/m0/s1. The third-order valence-electron chi connectivity index (χ3n) is 20.7. The molecule has 0 radical (unpaired) electrons. The summed E-state index contributed by atoms with van der Waals surface area (Å²) in [4.78, 5) is 262. The Labute approximate surface area is 688 Å². The normalized spacial score (nSPS) is 17.7. The van der Waals surface area contributed by atoms with Gasteiger partial charge in [-0.3, -0.25) is 81.5 Å². The number of carboxylic acids is 3. The number of imidazole rings is 2. The summed E-state index contributed by atoms with van der Waals surface area (Å²) in [7, 11) is 0. The first-order valence-electron chi connectivity index (χ1n) is 39.6. The Bertz CT molecular complexity index is 3790. The Balaban J connectivity index is 1.44. The molecule has 118 heavy (non-hydrogen) atoms. The van der Waals surface area contributed by atoms with Crippen molar-refractivity contribution in [1.82, 2.24) is 98.4 Å². The summed E-state index contributed by atoms with van der Waals surface area (Å²) in [6.07, 6.45) is 4.57. The van der Waals surface area contributed by atoms with Crippen molar-refractivity contribution >= 4 is 118 Å². The first-order valence-corrected chi connectivity index (χ1v) is 41.0. The van der Waals surface area contributed by atoms with Crippen LogP contribution < -0.4 is 69.5 Å². The molecule has 2 saturated heterocycles. The van der Waals surface area contributed by atoms with Crippen LogP contribution in [0.1, 0.15) is 165 Å². The van der Waals surface area contributed by atoms with Crippen molar-refractivity contribution in [3.05, 3.63) is 36.4 Å². The number of hydrogen-bond acceptors (Lipinski definition) is 23. The van der Waals surface area contributed by atoms with Crippen LogP contribution in [0, 0.1) is 23.7 Å². The van der Waals surface area contributed by atoms with E-state index in [2.05, 4.69) is 83.7 Å². The topological polar surface area (TPSA) is 626 Å². The fourth-order valence-corrected chi connectivity index (χ4v) is 13.6. The largest absolute Gasteiger partial charge is 0.481 e. The second-order valence-electron chi connectivity index (χ2n) is 30.3. The van der Waals surface area contributed by atoms with E-state index in [0.29, 0.717) is 30.7 Å². The van der Waals surface area contributed by atoms with Gasteiger partial charge in [0.15, 0.2) is 0 Å². The molecule has 17 atom stereocenters. The number of likely N-dealkylation sites (N-methyl/N-ethyl adjacent to an activating group) is 1. The minimum Gasteiger partial charge on any atom is -0.481 e. The lowest BCUT2D eigenvalue weighted by Crippen LogP contribution is -2.63. The Morgan fingerprint density at radius 1 is 0.500 bits per heavy atom. The molecule has 4 rings (SSSR count). The van der Waals surface area contributed by atoms with E-state index in [0.717, 1.165) is 4.90 Å². The molecule has 0 bridgehead atoms. The summed E-state index contributed by atoms with van der Waals surface area (Å²) in [6, 6.07) is -19.1. The van der Waals surface area contributed by atoms with Gasteiger partial charge in [0, 0.05) is 69.1 Å². The average Bonchev–Trinajstić information content (AvgIpc) is 1.60. The van der Waals surface area contributed by atoms with Crippen LogP contribution in [-0.4, -0.2) is 297 Å². The number of amides is 15. The number of rotatable bonds is 50. The van der Waals surface area contributed by atoms with E-state index >= 15 is 0 Å². The predicted molar refractivity (Wildman–Crippen MR) is 425 cm³/mol. The van der Waals surface area contributed by atoms with Crippen molar-refractivity contribution in [2.75, 3.05) is 44.7 Å². The number of nitrogens with zero attached hydrogens (tertiary/aromatic N) is 5. The number of carboxylic acid groups (broad SMARTS) is 3. The lowest BCUT2D eigenvalue weighted by molar-refractivity contribution is -0.145. The molecule has 20 N–H and O–H groups in total. The van der Waals surface area contributed by atoms with E-state index in [1.165, 1.54) is 67.4 Å². The minimum absolute atomic E-state index is 0.0260. The first kappa shape index (κ1) is 99.5. The number of aromatic nitrogens is 4. The SMILES string of the molecule is CC[C@H](C)C(NC(=O)[C@@H](NC(=O)C(NC(=O)[C@@H](NC(=O)[C@H](C)N(CC)C(=O)[C@H](Cc1cnc[nH]1)NC(=O)[C@@H]1CCCN1C(=O)CNC(=O)[C@H](C)NC(=O)[C@@H](N)CCSC)C(C)C)[C@@H](C)CC)C(C)C)C(=O)NC(C(=O)NCC(=O)N1CCC[C@H]1C(=O)N[C@@H](Cc1cnc[nH]1)C(=O)N[C@@H](CCC(=O)O)C(=O)N[C@@H](CCC(=O)O)C(=O)O)[C@@H](C)O. The van der Waals surface area contributed by atoms with E-state index in [4.69, 9.17) is 10.8 Å². The lowest BCUT2D eigenvalue weighted by Gasteiger charge is -2.34. The van der Waals surface area contributed by atoms with E-state index in [9.17, 15) is 102 Å². The number of nitrogens with one attached hydrogen (secondary N) is 14. The number of thioether (sulfide) groups is 1. The summed E-state index contributed by atoms with van der Waals surface area (Å²) >= 11 is 1.51. The summed E-state index contributed by atoms with van der Waals surface area (Å²) in [5.74, 6) is -18.8. The molecule has 15 amide bonds. The Morgan fingerprint density at radius 2 is 0.915 bits per heavy atom. The Kier molecular flexibility index (Phi) is 41.1. The first-order chi connectivity index (χ1) is 55.6. The quantitative estimate of drug-likeness (QED) is 0.0299. The number of aliphatic carboxylic acids is 3. The summed E-state index contributed by atoms with van der Waals surface area (Å²) in [5, 5.41) is 69.7. The summed E-state index contributed by atoms with van der Waals surface area (Å²) < 4.78 is 0. The number of carbonyl (C=O) groups is 18. The lowest BCUT2D eigenvalue weighted by atomic mass is 9.94. The number of carbonyl (C=O) groups excluding carboxylic acids is 15. The molecule has 0 spiro atoms. The maximum atomic E-state index is 14.7. The molecule has 2 aliphatic heterocycles. The number of nitrogens with two attached hydrogens (primary N) is 1. The van der Waals surface area contributed by atoms with Crippen molar-refractivity contribution in [2.45, 2.75) is 257 Å². The number of aliphatic hydroxyl groups excluding tert-OH is 1. The van der Waals surface area contributed by atoms with Crippen LogP contribution in [0.25, 0.3) is 0 Å². The van der Waals surface area contributed by atoms with Crippen molar-refractivity contribution in [3.63, 3.8) is 0 Å². The molecule has 2 aromatic rings. The molecule has 42 nitrogen and oxygen atoms in total. The van der Waals surface area contributed by atoms with Gasteiger partial charge in [0.05, 0.1) is 37.9 Å². The van der Waals surface area contributed by atoms with Crippen molar-refractivity contribution < 1.29 is 107 Å². The number of aliphatic hydroxyl groups is 1. The fourth-order valence-electron chi connectivity index (χ4n) is 13.1. The molecule has 0 aromatic carbocycles. The predicted octanol–water partition coefficient (Wildman–Crippen LogP) is -4.08. The fraction of sp³-hybridized carbons (Fsp3) is 0.680. The zero-order valence-corrected chi connectivity index (χ0v) is 69.9. The Morgan fingerprint density at radius 3 is 1.34 bits per heavy atom. The van der Waals surface area contributed by atoms with Crippen LogP contribution in [0.4, 0.5) is 0 Å². The number of likely N-dealkylation sites (tertiary alicyclic amines) is 2. The molecule has 658 valence electrons. The van der Waals surface area contributed by atoms with Gasteiger partial charge in [-0.2, -0.15) is 11.8 Å². The van der Waals surface area contributed by atoms with Crippen LogP contribution >= 0.6 is 11.8 Å². The molecular formula is C75H120N20O22S. The van der Waals surface area contributed by atoms with Crippen LogP contribution in [0.2, 0.25) is 0 Å². The number of aromatic amines is 2. The zero-order chi connectivity index (χ0) is 88.5. The van der Waals surface area contributed by atoms with E-state index in [1.807, 2.05) is 6.26 Å². The van der Waals surface area contributed by atoms with Gasteiger partial charge < -0.3 is 115 Å².